The molecule has 2 heterocycles. The predicted molar refractivity (Wildman–Crippen MR) is 102 cm³/mol. The van der Waals surface area contributed by atoms with E-state index in [0.717, 1.165) is 24.3 Å². The molecule has 0 spiro atoms. The number of nitrogens with zero attached hydrogens (tertiary/aromatic N) is 2. The zero-order valence-corrected chi connectivity index (χ0v) is 16.5. The van der Waals surface area contributed by atoms with E-state index in [0.29, 0.717) is 24.0 Å². The van der Waals surface area contributed by atoms with Gasteiger partial charge in [-0.2, -0.15) is 4.73 Å². The number of aromatic nitrogens is 2. The first-order valence-corrected chi connectivity index (χ1v) is 9.41. The second-order valence-electron chi connectivity index (χ2n) is 6.62. The van der Waals surface area contributed by atoms with E-state index < -0.39 is 11.7 Å². The van der Waals surface area contributed by atoms with Crippen molar-refractivity contribution in [2.75, 3.05) is 6.54 Å². The van der Waals surface area contributed by atoms with E-state index in [1.165, 1.54) is 17.5 Å². The number of rotatable bonds is 3. The number of pyridine rings is 1. The molecule has 3 rings (SSSR count). The summed E-state index contributed by atoms with van der Waals surface area (Å²) in [5.74, 6) is 0. The van der Waals surface area contributed by atoms with Gasteiger partial charge in [-0.15, -0.1) is 11.3 Å². The van der Waals surface area contributed by atoms with E-state index >= 15 is 0 Å². The molecule has 2 aromatic heterocycles. The third kappa shape index (κ3) is 4.19. The van der Waals surface area contributed by atoms with E-state index in [1.54, 1.807) is 6.07 Å². The van der Waals surface area contributed by atoms with E-state index in [2.05, 4.69) is 26.2 Å². The van der Waals surface area contributed by atoms with E-state index in [1.807, 2.05) is 32.9 Å². The van der Waals surface area contributed by atoms with Gasteiger partial charge in [0.25, 0.3) is 0 Å². The summed E-state index contributed by atoms with van der Waals surface area (Å²) in [6, 6.07) is 5.62. The highest BCUT2D eigenvalue weighted by Gasteiger charge is 2.17. The van der Waals surface area contributed by atoms with Gasteiger partial charge >= 0.3 is 6.09 Å². The van der Waals surface area contributed by atoms with Crippen LogP contribution >= 0.6 is 27.3 Å². The van der Waals surface area contributed by atoms with Crippen LogP contribution in [0.25, 0.3) is 21.1 Å². The minimum atomic E-state index is -0.519. The second-order valence-corrected chi connectivity index (χ2v) is 8.62. The van der Waals surface area contributed by atoms with Gasteiger partial charge in [-0.25, -0.2) is 9.78 Å². The van der Waals surface area contributed by atoms with Gasteiger partial charge in [0.2, 0.25) is 11.7 Å². The van der Waals surface area contributed by atoms with Crippen LogP contribution in [0.3, 0.4) is 0 Å². The maximum atomic E-state index is 12.2. The number of carbonyl (C=O) groups is 1. The minimum absolute atomic E-state index is 0.426. The third-order valence-corrected chi connectivity index (χ3v) is 5.04. The van der Waals surface area contributed by atoms with Crippen LogP contribution in [0, 0.1) is 5.21 Å². The van der Waals surface area contributed by atoms with Crippen molar-refractivity contribution in [1.82, 2.24) is 10.3 Å². The molecule has 0 aliphatic heterocycles. The van der Waals surface area contributed by atoms with Crippen molar-refractivity contribution in [3.05, 3.63) is 39.1 Å². The molecular weight excluding hydrogens is 406 g/mol. The summed E-state index contributed by atoms with van der Waals surface area (Å²) >= 11 is 4.92. The first-order valence-electron chi connectivity index (χ1n) is 7.81. The summed E-state index contributed by atoms with van der Waals surface area (Å²) in [7, 11) is 0. The molecule has 0 saturated heterocycles. The van der Waals surface area contributed by atoms with Crippen LogP contribution in [0.15, 0.2) is 28.9 Å². The molecule has 25 heavy (non-hydrogen) atoms. The van der Waals surface area contributed by atoms with Crippen molar-refractivity contribution in [3.63, 3.8) is 0 Å². The SMILES string of the molecule is CC(C)(C)OC(=O)NCCc1nc2c[n+]([O-])c3cc(Br)ccc3c2s1. The first-order chi connectivity index (χ1) is 11.7. The lowest BCUT2D eigenvalue weighted by atomic mass is 10.2. The number of hydrogen-bond donors (Lipinski definition) is 1. The number of nitrogens with one attached hydrogen (secondary N) is 1. The molecule has 0 fully saturated rings. The Balaban J connectivity index is 1.78. The second kappa shape index (κ2) is 6.76. The first kappa shape index (κ1) is 17.9. The summed E-state index contributed by atoms with van der Waals surface area (Å²) in [4.78, 5) is 16.2. The number of alkyl carbamates (subject to hydrolysis) is 1. The number of hydrogen-bond acceptors (Lipinski definition) is 5. The van der Waals surface area contributed by atoms with E-state index in [-0.39, 0.29) is 0 Å². The lowest BCUT2D eigenvalue weighted by Gasteiger charge is -2.19. The highest BCUT2D eigenvalue weighted by Crippen LogP contribution is 2.29. The van der Waals surface area contributed by atoms with Gasteiger partial charge in [0, 0.05) is 23.5 Å². The highest BCUT2D eigenvalue weighted by molar-refractivity contribution is 9.10. The molecule has 132 valence electrons. The Hall–Kier alpha value is -1.93. The van der Waals surface area contributed by atoms with Crippen LogP contribution in [0.4, 0.5) is 4.79 Å². The minimum Gasteiger partial charge on any atom is -0.618 e. The molecule has 0 atom stereocenters. The van der Waals surface area contributed by atoms with Gasteiger partial charge in [-0.05, 0) is 32.9 Å². The number of halogens is 1. The average molecular weight is 424 g/mol. The Labute approximate surface area is 157 Å². The lowest BCUT2D eigenvalue weighted by molar-refractivity contribution is -0.575. The Morgan fingerprint density at radius 2 is 2.20 bits per heavy atom. The molecule has 3 aromatic rings. The van der Waals surface area contributed by atoms with Gasteiger partial charge in [-0.3, -0.25) is 0 Å². The Morgan fingerprint density at radius 1 is 1.44 bits per heavy atom. The van der Waals surface area contributed by atoms with Gasteiger partial charge in [0.05, 0.1) is 15.1 Å². The Bertz CT molecular complexity index is 950. The summed E-state index contributed by atoms with van der Waals surface area (Å²) < 4.78 is 7.87. The number of thiazole rings is 1. The molecule has 0 aliphatic rings. The normalized spacial score (nSPS) is 11.8. The van der Waals surface area contributed by atoms with E-state index in [4.69, 9.17) is 4.74 Å². The number of amides is 1. The fourth-order valence-corrected chi connectivity index (χ4v) is 3.83. The predicted octanol–water partition coefficient (Wildman–Crippen LogP) is 3.91. The fraction of sp³-hybridized carbons (Fsp3) is 0.353. The molecule has 8 heteroatoms. The average Bonchev–Trinajstić information content (AvgIpc) is 2.88. The van der Waals surface area contributed by atoms with Gasteiger partial charge in [0.15, 0.2) is 0 Å². The summed E-state index contributed by atoms with van der Waals surface area (Å²) in [6.07, 6.45) is 1.63. The topological polar surface area (TPSA) is 78.2 Å². The highest BCUT2D eigenvalue weighted by atomic mass is 79.9. The molecule has 0 bridgehead atoms. The molecule has 0 radical (unpaired) electrons. The Kier molecular flexibility index (Phi) is 4.83. The number of carbonyl (C=O) groups excluding carboxylic acids is 1. The summed E-state index contributed by atoms with van der Waals surface area (Å²) in [6.45, 7) is 5.89. The molecule has 0 saturated carbocycles. The van der Waals surface area contributed by atoms with Crippen LogP contribution in [-0.4, -0.2) is 23.2 Å². The van der Waals surface area contributed by atoms with Crippen molar-refractivity contribution in [3.8, 4) is 0 Å². The van der Waals surface area contributed by atoms with Crippen LogP contribution in [0.2, 0.25) is 0 Å². The maximum Gasteiger partial charge on any atom is 0.407 e. The third-order valence-electron chi connectivity index (χ3n) is 3.39. The molecular formula is C17H18BrN3O3S. The number of benzene rings is 1. The zero-order chi connectivity index (χ0) is 18.2. The summed E-state index contributed by atoms with van der Waals surface area (Å²) in [5, 5.41) is 16.6. The smallest absolute Gasteiger partial charge is 0.407 e. The van der Waals surface area contributed by atoms with Gasteiger partial charge in [0.1, 0.15) is 11.1 Å². The largest absolute Gasteiger partial charge is 0.618 e. The standard InChI is InChI=1S/C17H18BrN3O3S/c1-17(2,3)24-16(22)19-7-6-14-20-12-9-21(23)13-8-10(18)4-5-11(13)15(12)25-14/h4-5,8-9H,6-7H2,1-3H3,(H,19,22). The monoisotopic (exact) mass is 423 g/mol. The zero-order valence-electron chi connectivity index (χ0n) is 14.1. The lowest BCUT2D eigenvalue weighted by Crippen LogP contribution is -2.33. The molecule has 0 aliphatic carbocycles. The van der Waals surface area contributed by atoms with E-state index in [9.17, 15) is 10.0 Å². The Morgan fingerprint density at radius 3 is 2.92 bits per heavy atom. The molecule has 1 amide bonds. The number of fused-ring (bicyclic) bond motifs is 3. The quantitative estimate of drug-likeness (QED) is 0.511. The van der Waals surface area contributed by atoms with Crippen molar-refractivity contribution in [1.29, 1.82) is 0 Å². The van der Waals surface area contributed by atoms with Gasteiger partial charge < -0.3 is 15.3 Å². The van der Waals surface area contributed by atoms with Crippen molar-refractivity contribution < 1.29 is 14.3 Å². The van der Waals surface area contributed by atoms with Crippen LogP contribution in [0.1, 0.15) is 25.8 Å². The van der Waals surface area contributed by atoms with Gasteiger partial charge in [-0.1, -0.05) is 15.9 Å². The van der Waals surface area contributed by atoms with Crippen LogP contribution < -0.4 is 10.0 Å². The molecule has 0 unspecified atom stereocenters. The van der Waals surface area contributed by atoms with Crippen LogP contribution in [0.5, 0.6) is 0 Å². The van der Waals surface area contributed by atoms with Crippen LogP contribution in [-0.2, 0) is 11.2 Å². The molecule has 1 N–H and O–H groups in total. The van der Waals surface area contributed by atoms with Crippen molar-refractivity contribution in [2.24, 2.45) is 0 Å². The number of ether oxygens (including phenoxy) is 1. The van der Waals surface area contributed by atoms with Crippen molar-refractivity contribution >= 4 is 54.5 Å². The molecule has 6 nitrogen and oxygen atoms in total. The van der Waals surface area contributed by atoms with Crippen molar-refractivity contribution in [2.45, 2.75) is 32.8 Å². The molecule has 1 aromatic carbocycles. The maximum absolute atomic E-state index is 12.2. The fourth-order valence-electron chi connectivity index (χ4n) is 2.41. The summed E-state index contributed by atoms with van der Waals surface area (Å²) in [5.41, 5.74) is 0.751.